The molecule has 0 spiro atoms. The van der Waals surface area contributed by atoms with Crippen LogP contribution in [0, 0.1) is 5.41 Å². The van der Waals surface area contributed by atoms with E-state index in [1.54, 1.807) is 0 Å². The van der Waals surface area contributed by atoms with Crippen LogP contribution in [0.2, 0.25) is 0 Å². The highest BCUT2D eigenvalue weighted by Crippen LogP contribution is 2.44. The summed E-state index contributed by atoms with van der Waals surface area (Å²) in [6, 6.07) is 28.3. The molecule has 0 bridgehead atoms. The molecule has 0 atom stereocenters. The molecule has 0 nitrogen and oxygen atoms in total. The normalized spacial score (nSPS) is 14.6. The van der Waals surface area contributed by atoms with Gasteiger partial charge >= 0.3 is 0 Å². The number of allylic oxidation sites excluding steroid dienone is 4. The molecular formula is C38H47F. The summed E-state index contributed by atoms with van der Waals surface area (Å²) in [6.07, 6.45) is 18.7. The van der Waals surface area contributed by atoms with E-state index in [2.05, 4.69) is 74.5 Å². The van der Waals surface area contributed by atoms with Crippen molar-refractivity contribution in [2.45, 2.75) is 97.3 Å². The minimum atomic E-state index is -0.165. The van der Waals surface area contributed by atoms with Gasteiger partial charge in [-0.3, -0.25) is 0 Å². The van der Waals surface area contributed by atoms with E-state index in [1.165, 1.54) is 60.8 Å². The lowest BCUT2D eigenvalue weighted by Crippen LogP contribution is -2.23. The van der Waals surface area contributed by atoms with E-state index in [-0.39, 0.29) is 11.2 Å². The Morgan fingerprint density at radius 2 is 1.05 bits per heavy atom. The lowest BCUT2D eigenvalue weighted by atomic mass is 9.71. The number of hydrogen-bond donors (Lipinski definition) is 0. The Labute approximate surface area is 237 Å². The van der Waals surface area contributed by atoms with Crippen LogP contribution in [0.5, 0.6) is 0 Å². The van der Waals surface area contributed by atoms with Crippen molar-refractivity contribution in [1.29, 1.82) is 0 Å². The van der Waals surface area contributed by atoms with Crippen molar-refractivity contribution in [2.75, 3.05) is 0 Å². The fourth-order valence-electron chi connectivity index (χ4n) is 5.84. The first-order valence-corrected chi connectivity index (χ1v) is 15.4. The van der Waals surface area contributed by atoms with Gasteiger partial charge in [-0.25, -0.2) is 4.39 Å². The van der Waals surface area contributed by atoms with Crippen molar-refractivity contribution >= 4 is 5.57 Å². The van der Waals surface area contributed by atoms with Gasteiger partial charge in [0.25, 0.3) is 0 Å². The number of rotatable bonds is 15. The van der Waals surface area contributed by atoms with Crippen LogP contribution in [0.25, 0.3) is 5.57 Å². The van der Waals surface area contributed by atoms with Gasteiger partial charge in [0, 0.05) is 12.0 Å². The van der Waals surface area contributed by atoms with Gasteiger partial charge in [0.15, 0.2) is 0 Å². The van der Waals surface area contributed by atoms with Gasteiger partial charge in [-0.1, -0.05) is 131 Å². The van der Waals surface area contributed by atoms with Crippen LogP contribution in [-0.4, -0.2) is 0 Å². The summed E-state index contributed by atoms with van der Waals surface area (Å²) >= 11 is 0. The van der Waals surface area contributed by atoms with Crippen molar-refractivity contribution < 1.29 is 4.39 Å². The Balaban J connectivity index is 1.45. The molecule has 0 fully saturated rings. The number of hydrogen-bond acceptors (Lipinski definition) is 0. The molecular weight excluding hydrogens is 475 g/mol. The summed E-state index contributed by atoms with van der Waals surface area (Å²) < 4.78 is 15.7. The average Bonchev–Trinajstić information content (AvgIpc) is 2.97. The molecule has 4 rings (SSSR count). The molecule has 39 heavy (non-hydrogen) atoms. The fraction of sp³-hybridized carbons (Fsp3) is 0.421. The third-order valence-corrected chi connectivity index (χ3v) is 8.49. The summed E-state index contributed by atoms with van der Waals surface area (Å²) in [5.74, 6) is 0.0289. The van der Waals surface area contributed by atoms with E-state index in [1.807, 2.05) is 30.3 Å². The Morgan fingerprint density at radius 3 is 1.49 bits per heavy atom. The summed E-state index contributed by atoms with van der Waals surface area (Å²) in [5, 5.41) is 0. The molecule has 0 amide bonds. The Morgan fingerprint density at radius 1 is 0.590 bits per heavy atom. The smallest absolute Gasteiger partial charge is 0.109 e. The molecule has 206 valence electrons. The highest BCUT2D eigenvalue weighted by Gasteiger charge is 2.32. The maximum atomic E-state index is 15.7. The molecule has 3 aromatic rings. The average molecular weight is 523 g/mol. The van der Waals surface area contributed by atoms with Crippen molar-refractivity contribution in [1.82, 2.24) is 0 Å². The molecule has 0 aliphatic heterocycles. The predicted molar refractivity (Wildman–Crippen MR) is 167 cm³/mol. The van der Waals surface area contributed by atoms with Crippen molar-refractivity contribution in [3.63, 3.8) is 0 Å². The van der Waals surface area contributed by atoms with Gasteiger partial charge in [-0.05, 0) is 84.6 Å². The molecule has 0 radical (unpaired) electrons. The van der Waals surface area contributed by atoms with Crippen LogP contribution >= 0.6 is 0 Å². The van der Waals surface area contributed by atoms with Gasteiger partial charge in [0.05, 0.1) is 0 Å². The standard InChI is InChI=1S/C38H47F/c1-3-5-8-12-31-16-20-33(21-17-31)24-27-38(28-25-34-22-18-32(19-23-34)13-9-6-4-2)29-26-36(37(39)30-38)35-14-10-7-11-15-35/h7,10-11,14-23,26,29H,3-6,8-9,12-13,24-25,27-28,30H2,1-2H3. The summed E-state index contributed by atoms with van der Waals surface area (Å²) in [4.78, 5) is 0. The Kier molecular flexibility index (Phi) is 11.2. The molecule has 0 unspecified atom stereocenters. The van der Waals surface area contributed by atoms with Gasteiger partial charge in [0.1, 0.15) is 5.83 Å². The Bertz CT molecular complexity index is 1120. The number of halogens is 1. The maximum Gasteiger partial charge on any atom is 0.109 e. The van der Waals surface area contributed by atoms with E-state index < -0.39 is 0 Å². The molecule has 0 N–H and O–H groups in total. The summed E-state index contributed by atoms with van der Waals surface area (Å²) in [5.41, 5.74) is 7.13. The molecule has 3 aromatic carbocycles. The monoisotopic (exact) mass is 522 g/mol. The first kappa shape index (κ1) is 29.1. The fourth-order valence-corrected chi connectivity index (χ4v) is 5.84. The number of unbranched alkanes of at least 4 members (excludes halogenated alkanes) is 4. The zero-order valence-corrected chi connectivity index (χ0v) is 24.2. The van der Waals surface area contributed by atoms with Crippen molar-refractivity contribution in [3.8, 4) is 0 Å². The van der Waals surface area contributed by atoms with Crippen molar-refractivity contribution in [3.05, 3.63) is 125 Å². The highest BCUT2D eigenvalue weighted by atomic mass is 19.1. The first-order valence-electron chi connectivity index (χ1n) is 15.4. The van der Waals surface area contributed by atoms with E-state index in [9.17, 15) is 0 Å². The minimum absolute atomic E-state index is 0.0289. The quantitative estimate of drug-likeness (QED) is 0.174. The minimum Gasteiger partial charge on any atom is -0.211 e. The van der Waals surface area contributed by atoms with Gasteiger partial charge in [-0.15, -0.1) is 0 Å². The van der Waals surface area contributed by atoms with Gasteiger partial charge < -0.3 is 0 Å². The largest absolute Gasteiger partial charge is 0.211 e. The molecule has 0 saturated carbocycles. The van der Waals surface area contributed by atoms with Crippen LogP contribution < -0.4 is 0 Å². The zero-order chi connectivity index (χ0) is 27.3. The zero-order valence-electron chi connectivity index (χ0n) is 24.2. The van der Waals surface area contributed by atoms with Gasteiger partial charge in [-0.2, -0.15) is 0 Å². The SMILES string of the molecule is CCCCCc1ccc(CCC2(CCc3ccc(CCCCC)cc3)C=CC(c3ccccc3)=C(F)C2)cc1. The second-order valence-electron chi connectivity index (χ2n) is 11.6. The Hall–Kier alpha value is -2.93. The summed E-state index contributed by atoms with van der Waals surface area (Å²) in [7, 11) is 0. The number of aryl methyl sites for hydroxylation is 4. The van der Waals surface area contributed by atoms with Crippen molar-refractivity contribution in [2.24, 2.45) is 5.41 Å². The second kappa shape index (κ2) is 15.0. The first-order chi connectivity index (χ1) is 19.1. The molecule has 1 aliphatic rings. The molecule has 0 heterocycles. The summed E-state index contributed by atoms with van der Waals surface area (Å²) in [6.45, 7) is 4.51. The van der Waals surface area contributed by atoms with E-state index in [0.717, 1.165) is 49.7 Å². The lowest BCUT2D eigenvalue weighted by Gasteiger charge is -2.34. The van der Waals surface area contributed by atoms with E-state index in [0.29, 0.717) is 6.42 Å². The number of benzene rings is 3. The van der Waals surface area contributed by atoms with Crippen LogP contribution in [0.1, 0.15) is 99.5 Å². The van der Waals surface area contributed by atoms with Crippen LogP contribution in [0.15, 0.2) is 96.8 Å². The molecule has 0 saturated heterocycles. The highest BCUT2D eigenvalue weighted by molar-refractivity contribution is 5.76. The third kappa shape index (κ3) is 8.79. The molecule has 0 aromatic heterocycles. The molecule has 1 aliphatic carbocycles. The third-order valence-electron chi connectivity index (χ3n) is 8.49. The lowest BCUT2D eigenvalue weighted by molar-refractivity contribution is 0.294. The topological polar surface area (TPSA) is 0 Å². The van der Waals surface area contributed by atoms with Crippen LogP contribution in [0.3, 0.4) is 0 Å². The van der Waals surface area contributed by atoms with E-state index in [4.69, 9.17) is 0 Å². The predicted octanol–water partition coefficient (Wildman–Crippen LogP) is 11.0. The molecule has 1 heteroatoms. The maximum absolute atomic E-state index is 15.7. The van der Waals surface area contributed by atoms with Crippen LogP contribution in [-0.2, 0) is 25.7 Å². The van der Waals surface area contributed by atoms with E-state index >= 15 is 4.39 Å². The van der Waals surface area contributed by atoms with Crippen LogP contribution in [0.4, 0.5) is 4.39 Å². The second-order valence-corrected chi connectivity index (χ2v) is 11.6. The van der Waals surface area contributed by atoms with Gasteiger partial charge in [0.2, 0.25) is 0 Å².